The Morgan fingerprint density at radius 1 is 1.14 bits per heavy atom. The first kappa shape index (κ1) is 24.4. The van der Waals surface area contributed by atoms with Gasteiger partial charge in [-0.3, -0.25) is 14.6 Å². The average Bonchev–Trinajstić information content (AvgIpc) is 3.33. The third-order valence-electron chi connectivity index (χ3n) is 6.47. The van der Waals surface area contributed by atoms with Crippen molar-refractivity contribution in [3.8, 4) is 16.9 Å². The summed E-state index contributed by atoms with van der Waals surface area (Å²) in [5, 5.41) is 7.79. The van der Waals surface area contributed by atoms with Gasteiger partial charge in [-0.15, -0.1) is 0 Å². The van der Waals surface area contributed by atoms with E-state index in [1.165, 1.54) is 0 Å². The van der Waals surface area contributed by atoms with Crippen molar-refractivity contribution in [2.75, 3.05) is 13.1 Å². The van der Waals surface area contributed by atoms with E-state index >= 15 is 0 Å². The minimum Gasteiger partial charge on any atom is -0.356 e. The molecule has 35 heavy (non-hydrogen) atoms. The van der Waals surface area contributed by atoms with Gasteiger partial charge >= 0.3 is 0 Å². The second kappa shape index (κ2) is 11.6. The van der Waals surface area contributed by atoms with Crippen molar-refractivity contribution < 1.29 is 9.59 Å². The van der Waals surface area contributed by atoms with Gasteiger partial charge in [-0.1, -0.05) is 31.5 Å². The van der Waals surface area contributed by atoms with E-state index in [0.29, 0.717) is 13.1 Å². The molecular weight excluding hydrogens is 438 g/mol. The van der Waals surface area contributed by atoms with Gasteiger partial charge in [0.05, 0.1) is 11.6 Å². The molecule has 1 aliphatic rings. The molecule has 4 rings (SSSR count). The van der Waals surface area contributed by atoms with Gasteiger partial charge in [0.2, 0.25) is 11.8 Å². The zero-order chi connectivity index (χ0) is 24.6. The van der Waals surface area contributed by atoms with Gasteiger partial charge in [0, 0.05) is 54.9 Å². The quantitative estimate of drug-likeness (QED) is 0.388. The van der Waals surface area contributed by atoms with Gasteiger partial charge in [0.25, 0.3) is 0 Å². The molecule has 3 heterocycles. The van der Waals surface area contributed by atoms with Crippen LogP contribution in [0.25, 0.3) is 23.0 Å². The van der Waals surface area contributed by atoms with Gasteiger partial charge in [0.1, 0.15) is 5.69 Å². The summed E-state index contributed by atoms with van der Waals surface area (Å²) in [6.45, 7) is 5.29. The number of benzene rings is 1. The van der Waals surface area contributed by atoms with Crippen LogP contribution in [0.15, 0.2) is 67.1 Å². The predicted molar refractivity (Wildman–Crippen MR) is 138 cm³/mol. The van der Waals surface area contributed by atoms with E-state index in [4.69, 9.17) is 5.10 Å². The van der Waals surface area contributed by atoms with Gasteiger partial charge in [0.15, 0.2) is 0 Å². The van der Waals surface area contributed by atoms with E-state index < -0.39 is 0 Å². The highest BCUT2D eigenvalue weighted by molar-refractivity contribution is 5.93. The summed E-state index contributed by atoms with van der Waals surface area (Å²) in [6.07, 6.45) is 12.5. The first-order valence-electron chi connectivity index (χ1n) is 12.4. The number of carbonyl (C=O) groups excluding carboxylic acids is 2. The van der Waals surface area contributed by atoms with Crippen LogP contribution < -0.4 is 5.32 Å². The number of pyridine rings is 1. The molecule has 0 saturated carbocycles. The first-order valence-corrected chi connectivity index (χ1v) is 12.4. The number of nitrogens with one attached hydrogen (secondary N) is 1. The van der Waals surface area contributed by atoms with Crippen LogP contribution in [-0.2, 0) is 9.59 Å². The maximum absolute atomic E-state index is 13.2. The van der Waals surface area contributed by atoms with Crippen molar-refractivity contribution in [1.82, 2.24) is 25.0 Å². The van der Waals surface area contributed by atoms with Crippen LogP contribution in [0.1, 0.15) is 45.1 Å². The lowest BCUT2D eigenvalue weighted by Crippen LogP contribution is -2.49. The number of piperidine rings is 1. The number of unbranched alkanes of at least 4 members (excludes halogenated alkanes) is 1. The van der Waals surface area contributed by atoms with E-state index in [9.17, 15) is 9.59 Å². The van der Waals surface area contributed by atoms with Crippen LogP contribution in [-0.4, -0.2) is 50.6 Å². The van der Waals surface area contributed by atoms with E-state index in [2.05, 4.69) is 17.2 Å². The lowest BCUT2D eigenvalue weighted by molar-refractivity contribution is -0.134. The molecule has 7 nitrogen and oxygen atoms in total. The molecular formula is C28H33N5O2. The number of carbonyl (C=O) groups is 2. The van der Waals surface area contributed by atoms with E-state index in [1.54, 1.807) is 18.5 Å². The highest BCUT2D eigenvalue weighted by atomic mass is 16.2. The van der Waals surface area contributed by atoms with Crippen molar-refractivity contribution in [2.45, 2.75) is 45.6 Å². The summed E-state index contributed by atoms with van der Waals surface area (Å²) in [5.41, 5.74) is 3.40. The van der Waals surface area contributed by atoms with Crippen molar-refractivity contribution in [3.05, 3.63) is 72.7 Å². The SMILES string of the molecule is CCCCNC(=O)C1CCC(C)N(C(=O)C=Cc2cn(-c3ccccc3)nc2-c2cccnc2)C1. The van der Waals surface area contributed by atoms with Crippen LogP contribution in [0.2, 0.25) is 0 Å². The number of likely N-dealkylation sites (tertiary alicyclic amines) is 1. The summed E-state index contributed by atoms with van der Waals surface area (Å²) in [6, 6.07) is 13.8. The lowest BCUT2D eigenvalue weighted by atomic mass is 9.92. The maximum Gasteiger partial charge on any atom is 0.246 e. The van der Waals surface area contributed by atoms with Crippen molar-refractivity contribution in [3.63, 3.8) is 0 Å². The molecule has 0 bridgehead atoms. The monoisotopic (exact) mass is 471 g/mol. The summed E-state index contributed by atoms with van der Waals surface area (Å²) < 4.78 is 1.81. The molecule has 2 unspecified atom stereocenters. The molecule has 1 aliphatic heterocycles. The number of amides is 2. The molecule has 1 fully saturated rings. The Balaban J connectivity index is 1.53. The smallest absolute Gasteiger partial charge is 0.246 e. The summed E-state index contributed by atoms with van der Waals surface area (Å²) in [4.78, 5) is 31.8. The van der Waals surface area contributed by atoms with Crippen LogP contribution in [0.3, 0.4) is 0 Å². The molecule has 0 spiro atoms. The third-order valence-corrected chi connectivity index (χ3v) is 6.47. The van der Waals surface area contributed by atoms with Crippen molar-refractivity contribution in [2.24, 2.45) is 5.92 Å². The molecule has 7 heteroatoms. The fraction of sp³-hybridized carbons (Fsp3) is 0.357. The van der Waals surface area contributed by atoms with Crippen molar-refractivity contribution >= 4 is 17.9 Å². The van der Waals surface area contributed by atoms with Gasteiger partial charge in [-0.05, 0) is 56.5 Å². The normalized spacial score (nSPS) is 18.1. The molecule has 2 amide bonds. The van der Waals surface area contributed by atoms with E-state index in [1.807, 2.05) is 71.2 Å². The van der Waals surface area contributed by atoms with Crippen LogP contribution in [0.5, 0.6) is 0 Å². The minimum absolute atomic E-state index is 0.0510. The Morgan fingerprint density at radius 3 is 2.71 bits per heavy atom. The first-order chi connectivity index (χ1) is 17.1. The Hall–Kier alpha value is -3.74. The predicted octanol–water partition coefficient (Wildman–Crippen LogP) is 4.49. The zero-order valence-corrected chi connectivity index (χ0v) is 20.4. The van der Waals surface area contributed by atoms with Gasteiger partial charge < -0.3 is 10.2 Å². The molecule has 2 atom stereocenters. The molecule has 1 N–H and O–H groups in total. The molecule has 2 aromatic heterocycles. The molecule has 0 radical (unpaired) electrons. The van der Waals surface area contributed by atoms with Crippen LogP contribution >= 0.6 is 0 Å². The molecule has 1 aromatic carbocycles. The summed E-state index contributed by atoms with van der Waals surface area (Å²) >= 11 is 0. The molecule has 3 aromatic rings. The Morgan fingerprint density at radius 2 is 1.97 bits per heavy atom. The number of rotatable bonds is 8. The second-order valence-corrected chi connectivity index (χ2v) is 9.05. The average molecular weight is 472 g/mol. The number of aromatic nitrogens is 3. The van der Waals surface area contributed by atoms with Crippen LogP contribution in [0.4, 0.5) is 0 Å². The topological polar surface area (TPSA) is 80.1 Å². The maximum atomic E-state index is 13.2. The fourth-order valence-electron chi connectivity index (χ4n) is 4.37. The number of nitrogens with zero attached hydrogens (tertiary/aromatic N) is 4. The van der Waals surface area contributed by atoms with Crippen LogP contribution in [0, 0.1) is 5.92 Å². The van der Waals surface area contributed by atoms with Gasteiger partial charge in [-0.2, -0.15) is 5.10 Å². The van der Waals surface area contributed by atoms with E-state index in [0.717, 1.165) is 48.2 Å². The second-order valence-electron chi connectivity index (χ2n) is 9.05. The highest BCUT2D eigenvalue weighted by Gasteiger charge is 2.31. The Bertz CT molecular complexity index is 1160. The summed E-state index contributed by atoms with van der Waals surface area (Å²) in [7, 11) is 0. The van der Waals surface area contributed by atoms with Gasteiger partial charge in [-0.25, -0.2) is 4.68 Å². The Labute approximate surface area is 206 Å². The molecule has 0 aliphatic carbocycles. The molecule has 1 saturated heterocycles. The molecule has 182 valence electrons. The summed E-state index contributed by atoms with van der Waals surface area (Å²) in [5.74, 6) is -0.199. The third kappa shape index (κ3) is 6.04. The Kier molecular flexibility index (Phi) is 8.08. The standard InChI is InChI=1S/C28H33N5O2/c1-3-4-17-30-28(35)24-13-12-21(2)32(19-24)26(34)15-14-23-20-33(25-10-6-5-7-11-25)31-27(23)22-9-8-16-29-18-22/h5-11,14-16,18,20-21,24H,3-4,12-13,17,19H2,1-2H3,(H,30,35). The minimum atomic E-state index is -0.160. The zero-order valence-electron chi connectivity index (χ0n) is 20.4. The van der Waals surface area contributed by atoms with Crippen molar-refractivity contribution in [1.29, 1.82) is 0 Å². The number of para-hydroxylation sites is 1. The van der Waals surface area contributed by atoms with E-state index in [-0.39, 0.29) is 23.8 Å². The largest absolute Gasteiger partial charge is 0.356 e. The lowest BCUT2D eigenvalue weighted by Gasteiger charge is -2.36. The highest BCUT2D eigenvalue weighted by Crippen LogP contribution is 2.26. The number of hydrogen-bond donors (Lipinski definition) is 1. The number of hydrogen-bond acceptors (Lipinski definition) is 4. The fourth-order valence-corrected chi connectivity index (χ4v) is 4.37.